The lowest BCUT2D eigenvalue weighted by atomic mass is 9.91. The molecule has 2 aromatic carbocycles. The monoisotopic (exact) mass is 360 g/mol. The molecule has 1 unspecified atom stereocenters. The summed E-state index contributed by atoms with van der Waals surface area (Å²) in [6.07, 6.45) is 3.01. The fraction of sp³-hybridized carbons (Fsp3) is 0.381. The van der Waals surface area contributed by atoms with E-state index in [2.05, 4.69) is 0 Å². The molecular formula is C21H22F2O3. The number of methoxy groups -OCH3 is 1. The van der Waals surface area contributed by atoms with Crippen LogP contribution in [0.5, 0.6) is 11.5 Å². The number of hydrogen-bond donors (Lipinski definition) is 0. The van der Waals surface area contributed by atoms with Gasteiger partial charge in [-0.25, -0.2) is 8.78 Å². The Morgan fingerprint density at radius 2 is 2.00 bits per heavy atom. The van der Waals surface area contributed by atoms with Crippen molar-refractivity contribution in [2.24, 2.45) is 5.92 Å². The Balaban J connectivity index is 1.75. The number of aryl methyl sites for hydroxylation is 2. The molecule has 0 aliphatic carbocycles. The Morgan fingerprint density at radius 3 is 2.69 bits per heavy atom. The van der Waals surface area contributed by atoms with Crippen LogP contribution in [0.4, 0.5) is 8.78 Å². The first kappa shape index (κ1) is 18.4. The van der Waals surface area contributed by atoms with Crippen molar-refractivity contribution < 1.29 is 23.0 Å². The van der Waals surface area contributed by atoms with Gasteiger partial charge >= 0.3 is 5.97 Å². The average molecular weight is 360 g/mol. The van der Waals surface area contributed by atoms with Crippen molar-refractivity contribution in [2.75, 3.05) is 7.11 Å². The van der Waals surface area contributed by atoms with Gasteiger partial charge in [-0.05, 0) is 54.5 Å². The molecule has 5 heteroatoms. The number of fused-ring (bicyclic) bond motifs is 1. The van der Waals surface area contributed by atoms with Gasteiger partial charge in [-0.2, -0.15) is 0 Å². The van der Waals surface area contributed by atoms with Crippen LogP contribution in [-0.4, -0.2) is 13.1 Å². The van der Waals surface area contributed by atoms with Crippen LogP contribution in [0.3, 0.4) is 0 Å². The summed E-state index contributed by atoms with van der Waals surface area (Å²) in [4.78, 5) is 12.0. The number of carbonyl (C=O) groups is 1. The number of benzene rings is 2. The number of halogens is 2. The van der Waals surface area contributed by atoms with Gasteiger partial charge in [0, 0.05) is 0 Å². The maximum Gasteiger partial charge on any atom is 0.314 e. The van der Waals surface area contributed by atoms with Crippen LogP contribution in [0, 0.1) is 17.6 Å². The van der Waals surface area contributed by atoms with E-state index in [1.54, 1.807) is 18.2 Å². The van der Waals surface area contributed by atoms with Gasteiger partial charge in [-0.1, -0.05) is 31.5 Å². The molecule has 1 aliphatic rings. The minimum Gasteiger partial charge on any atom is -0.494 e. The molecule has 1 aliphatic heterocycles. The zero-order valence-electron chi connectivity index (χ0n) is 15.0. The third-order valence-corrected chi connectivity index (χ3v) is 4.80. The van der Waals surface area contributed by atoms with E-state index in [4.69, 9.17) is 9.47 Å². The minimum absolute atomic E-state index is 0.0563. The molecule has 1 atom stereocenters. The molecule has 3 rings (SSSR count). The SMILES string of the molecule is CCCC1Cc2ccc(CCc3ccc(OC)c(F)c3)c(F)c2OC1=O. The highest BCUT2D eigenvalue weighted by Crippen LogP contribution is 2.34. The highest BCUT2D eigenvalue weighted by molar-refractivity contribution is 5.78. The molecule has 0 saturated heterocycles. The summed E-state index contributed by atoms with van der Waals surface area (Å²) in [6.45, 7) is 2.01. The molecule has 0 aromatic heterocycles. The van der Waals surface area contributed by atoms with Crippen molar-refractivity contribution in [1.29, 1.82) is 0 Å². The van der Waals surface area contributed by atoms with Crippen LogP contribution in [-0.2, 0) is 24.1 Å². The van der Waals surface area contributed by atoms with Gasteiger partial charge in [-0.3, -0.25) is 4.79 Å². The molecule has 0 spiro atoms. The summed E-state index contributed by atoms with van der Waals surface area (Å²) >= 11 is 0. The topological polar surface area (TPSA) is 35.5 Å². The van der Waals surface area contributed by atoms with E-state index in [1.165, 1.54) is 13.2 Å². The Morgan fingerprint density at radius 1 is 1.19 bits per heavy atom. The molecule has 26 heavy (non-hydrogen) atoms. The molecule has 2 aromatic rings. The van der Waals surface area contributed by atoms with Crippen LogP contribution in [0.2, 0.25) is 0 Å². The van der Waals surface area contributed by atoms with Crippen molar-refractivity contribution >= 4 is 5.97 Å². The molecule has 0 radical (unpaired) electrons. The van der Waals surface area contributed by atoms with E-state index < -0.39 is 11.6 Å². The van der Waals surface area contributed by atoms with Crippen LogP contribution in [0.15, 0.2) is 30.3 Å². The second kappa shape index (κ2) is 7.85. The zero-order chi connectivity index (χ0) is 18.7. The molecule has 138 valence electrons. The van der Waals surface area contributed by atoms with E-state index in [-0.39, 0.29) is 23.4 Å². The van der Waals surface area contributed by atoms with E-state index in [0.717, 1.165) is 24.0 Å². The van der Waals surface area contributed by atoms with Gasteiger partial charge < -0.3 is 9.47 Å². The first-order valence-electron chi connectivity index (χ1n) is 8.87. The highest BCUT2D eigenvalue weighted by Gasteiger charge is 2.30. The number of esters is 1. The Kier molecular flexibility index (Phi) is 5.55. The lowest BCUT2D eigenvalue weighted by molar-refractivity contribution is -0.140. The number of carbonyl (C=O) groups excluding carboxylic acids is 1. The maximum absolute atomic E-state index is 14.8. The van der Waals surface area contributed by atoms with Crippen LogP contribution in [0.25, 0.3) is 0 Å². The third kappa shape index (κ3) is 3.71. The van der Waals surface area contributed by atoms with Crippen molar-refractivity contribution in [3.8, 4) is 11.5 Å². The summed E-state index contributed by atoms with van der Waals surface area (Å²) in [6, 6.07) is 8.27. The molecule has 0 saturated carbocycles. The normalized spacial score (nSPS) is 16.2. The third-order valence-electron chi connectivity index (χ3n) is 4.80. The summed E-state index contributed by atoms with van der Waals surface area (Å²) in [5.74, 6) is -1.23. The molecular weight excluding hydrogens is 338 g/mol. The fourth-order valence-electron chi connectivity index (χ4n) is 3.35. The minimum atomic E-state index is -0.486. The summed E-state index contributed by atoms with van der Waals surface area (Å²) in [7, 11) is 1.41. The predicted octanol–water partition coefficient (Wildman–Crippen LogP) is 4.64. The van der Waals surface area contributed by atoms with Crippen molar-refractivity contribution in [3.63, 3.8) is 0 Å². The summed E-state index contributed by atoms with van der Waals surface area (Å²) in [5, 5.41) is 0. The van der Waals surface area contributed by atoms with Gasteiger partial charge in [0.1, 0.15) is 0 Å². The van der Waals surface area contributed by atoms with E-state index in [9.17, 15) is 13.6 Å². The van der Waals surface area contributed by atoms with Gasteiger partial charge in [0.25, 0.3) is 0 Å². The number of ether oxygens (including phenoxy) is 2. The number of hydrogen-bond acceptors (Lipinski definition) is 3. The van der Waals surface area contributed by atoms with Crippen molar-refractivity contribution in [3.05, 3.63) is 58.7 Å². The Bertz CT molecular complexity index is 817. The molecule has 0 amide bonds. The largest absolute Gasteiger partial charge is 0.494 e. The first-order valence-corrected chi connectivity index (χ1v) is 8.87. The summed E-state index contributed by atoms with van der Waals surface area (Å²) in [5.41, 5.74) is 1.95. The second-order valence-electron chi connectivity index (χ2n) is 6.61. The lowest BCUT2D eigenvalue weighted by Gasteiger charge is -2.24. The smallest absolute Gasteiger partial charge is 0.314 e. The van der Waals surface area contributed by atoms with Gasteiger partial charge in [0.2, 0.25) is 0 Å². The first-order chi connectivity index (χ1) is 12.5. The quantitative estimate of drug-likeness (QED) is 0.556. The summed E-state index contributed by atoms with van der Waals surface area (Å²) < 4.78 is 38.7. The fourth-order valence-corrected chi connectivity index (χ4v) is 3.35. The van der Waals surface area contributed by atoms with Crippen LogP contribution in [0.1, 0.15) is 36.5 Å². The second-order valence-corrected chi connectivity index (χ2v) is 6.61. The average Bonchev–Trinajstić information content (AvgIpc) is 2.63. The Labute approximate surface area is 151 Å². The molecule has 1 heterocycles. The van der Waals surface area contributed by atoms with E-state index in [1.807, 2.05) is 13.0 Å². The molecule has 0 fully saturated rings. The zero-order valence-corrected chi connectivity index (χ0v) is 15.0. The van der Waals surface area contributed by atoms with Crippen molar-refractivity contribution in [2.45, 2.75) is 39.0 Å². The number of rotatable bonds is 6. The van der Waals surface area contributed by atoms with Gasteiger partial charge in [0.15, 0.2) is 23.1 Å². The Hall–Kier alpha value is -2.43. The molecule has 0 N–H and O–H groups in total. The highest BCUT2D eigenvalue weighted by atomic mass is 19.1. The lowest BCUT2D eigenvalue weighted by Crippen LogP contribution is -2.28. The van der Waals surface area contributed by atoms with Gasteiger partial charge in [0.05, 0.1) is 13.0 Å². The van der Waals surface area contributed by atoms with Crippen LogP contribution < -0.4 is 9.47 Å². The molecule has 0 bridgehead atoms. The molecule has 3 nitrogen and oxygen atoms in total. The standard InChI is InChI=1S/C21H22F2O3/c1-3-4-16-12-15-9-8-14(19(23)20(15)26-21(16)24)7-5-13-6-10-18(25-2)17(22)11-13/h6,8-11,16H,3-5,7,12H2,1-2H3. The van der Waals surface area contributed by atoms with Crippen molar-refractivity contribution in [1.82, 2.24) is 0 Å². The van der Waals surface area contributed by atoms with Gasteiger partial charge in [-0.15, -0.1) is 0 Å². The van der Waals surface area contributed by atoms with E-state index in [0.29, 0.717) is 24.8 Å². The predicted molar refractivity (Wildman–Crippen MR) is 94.5 cm³/mol. The van der Waals surface area contributed by atoms with E-state index >= 15 is 0 Å². The maximum atomic E-state index is 14.8. The van der Waals surface area contributed by atoms with Crippen LogP contribution >= 0.6 is 0 Å².